The first-order chi connectivity index (χ1) is 23.4. The van der Waals surface area contributed by atoms with Crippen LogP contribution in [0.25, 0.3) is 0 Å². The lowest BCUT2D eigenvalue weighted by Gasteiger charge is -2.48. The van der Waals surface area contributed by atoms with Gasteiger partial charge in [0.05, 0.1) is 36.8 Å². The van der Waals surface area contributed by atoms with Crippen molar-refractivity contribution < 1.29 is 27.4 Å². The highest BCUT2D eigenvalue weighted by atomic mass is 35.5. The Hall–Kier alpha value is -2.63. The Balaban J connectivity index is 1.28. The van der Waals surface area contributed by atoms with Crippen molar-refractivity contribution in [3.8, 4) is 5.75 Å². The van der Waals surface area contributed by atoms with E-state index in [0.717, 1.165) is 55.9 Å². The quantitative estimate of drug-likeness (QED) is 0.391. The molecule has 1 amide bonds. The van der Waals surface area contributed by atoms with E-state index in [2.05, 4.69) is 38.8 Å². The van der Waals surface area contributed by atoms with Crippen LogP contribution in [0.1, 0.15) is 67.4 Å². The second-order valence-corrected chi connectivity index (χ2v) is 17.8. The lowest BCUT2D eigenvalue weighted by atomic mass is 9.65. The fourth-order valence-electron chi connectivity index (χ4n) is 8.56. The molecule has 1 N–H and O–H groups in total. The topological polar surface area (TPSA) is 97.4 Å². The van der Waals surface area contributed by atoms with Gasteiger partial charge in [-0.2, -0.15) is 0 Å². The number of likely N-dealkylation sites (N-methyl/N-ethyl adjacent to an activating group) is 1. The molecule has 266 valence electrons. The van der Waals surface area contributed by atoms with E-state index in [0.29, 0.717) is 49.4 Å². The molecule has 2 aromatic rings. The lowest BCUT2D eigenvalue weighted by molar-refractivity contribution is -0.230. The molecule has 1 unspecified atom stereocenters. The summed E-state index contributed by atoms with van der Waals surface area (Å²) in [6.45, 7) is 6.82. The third kappa shape index (κ3) is 6.88. The molecule has 2 bridgehead atoms. The van der Waals surface area contributed by atoms with Crippen LogP contribution >= 0.6 is 11.6 Å². The maximum atomic E-state index is 13.5. The third-order valence-electron chi connectivity index (χ3n) is 12.1. The first-order valence-electron chi connectivity index (χ1n) is 17.9. The van der Waals surface area contributed by atoms with Gasteiger partial charge in [0.15, 0.2) is 6.29 Å². The van der Waals surface area contributed by atoms with Gasteiger partial charge < -0.3 is 24.0 Å². The van der Waals surface area contributed by atoms with Crippen molar-refractivity contribution in [3.63, 3.8) is 0 Å². The van der Waals surface area contributed by atoms with Gasteiger partial charge >= 0.3 is 0 Å². The van der Waals surface area contributed by atoms with Crippen LogP contribution in [0.5, 0.6) is 5.75 Å². The molecule has 3 heterocycles. The average Bonchev–Trinajstić information content (AvgIpc) is 3.21. The highest BCUT2D eigenvalue weighted by Crippen LogP contribution is 2.48. The standard InChI is InChI=1S/C38H50ClN3O6S/c1-24-7-5-9-32(37-46-20-30(21-47-37)41(3)4)31-13-10-28(31)19-42-22-38(16-6-8-26-17-29(39)12-14-33(26)38)23-48-35-15-11-27(18-34(35)42)36(43)40-49(44,45)25(24)2/h5,9,11-12,14-15,17-18,24-25,28,30-32,37H,6-8,10,13,16,19-23H2,1-4H3,(H,40,43)/b9-5+/t24-,25+,28-,30?,31+,32?,37?,38-/m0/s1. The van der Waals surface area contributed by atoms with Crippen LogP contribution in [0.3, 0.4) is 0 Å². The summed E-state index contributed by atoms with van der Waals surface area (Å²) in [6, 6.07) is 11.8. The fourth-order valence-corrected chi connectivity index (χ4v) is 10.0. The molecule has 0 radical (unpaired) electrons. The van der Waals surface area contributed by atoms with E-state index in [9.17, 15) is 13.2 Å². The van der Waals surface area contributed by atoms with E-state index in [-0.39, 0.29) is 29.6 Å². The van der Waals surface area contributed by atoms with E-state index in [1.807, 2.05) is 39.2 Å². The van der Waals surface area contributed by atoms with Gasteiger partial charge in [0.2, 0.25) is 10.0 Å². The number of sulfonamides is 1. The van der Waals surface area contributed by atoms with Crippen molar-refractivity contribution in [2.75, 3.05) is 51.9 Å². The molecule has 5 aliphatic rings. The summed E-state index contributed by atoms with van der Waals surface area (Å²) in [5.74, 6) is 0.612. The number of carbonyl (C=O) groups excluding carboxylic acids is 1. The zero-order chi connectivity index (χ0) is 34.5. The van der Waals surface area contributed by atoms with Crippen LogP contribution in [0, 0.1) is 23.7 Å². The predicted octanol–water partition coefficient (Wildman–Crippen LogP) is 5.80. The Kier molecular flexibility index (Phi) is 9.82. The largest absolute Gasteiger partial charge is 0.490 e. The summed E-state index contributed by atoms with van der Waals surface area (Å²) >= 11 is 6.47. The number of allylic oxidation sites excluding steroid dienone is 1. The maximum Gasteiger partial charge on any atom is 0.264 e. The molecule has 1 spiro atoms. The van der Waals surface area contributed by atoms with Crippen molar-refractivity contribution in [3.05, 3.63) is 70.3 Å². The number of aryl methyl sites for hydroxylation is 1. The van der Waals surface area contributed by atoms with E-state index in [1.165, 1.54) is 11.1 Å². The maximum absolute atomic E-state index is 13.5. The lowest BCUT2D eigenvalue weighted by Crippen LogP contribution is -2.51. The molecular weight excluding hydrogens is 662 g/mol. The number of hydrogen-bond donors (Lipinski definition) is 1. The Bertz CT molecular complexity index is 1690. The minimum absolute atomic E-state index is 0.0362. The zero-order valence-corrected chi connectivity index (χ0v) is 30.6. The molecule has 9 nitrogen and oxygen atoms in total. The van der Waals surface area contributed by atoms with Gasteiger partial charge in [-0.1, -0.05) is 36.7 Å². The minimum Gasteiger partial charge on any atom is -0.490 e. The molecule has 11 heteroatoms. The molecular formula is C38H50ClN3O6S. The number of hydrogen-bond acceptors (Lipinski definition) is 8. The number of halogens is 1. The Morgan fingerprint density at radius 2 is 1.86 bits per heavy atom. The van der Waals surface area contributed by atoms with Crippen LogP contribution in [-0.2, 0) is 31.3 Å². The SMILES string of the molecule is C[C@@H]1[C@@H](C)C/C=C/C(C2OCC(N(C)C)CO2)[C@@H]2CC[C@H]2CN2C[C@@]3(CCCc4cc(Cl)ccc43)COc3ccc(cc32)C(=O)NS1(=O)=O. The summed E-state index contributed by atoms with van der Waals surface area (Å²) in [6.07, 6.45) is 9.66. The second-order valence-electron chi connectivity index (χ2n) is 15.3. The van der Waals surface area contributed by atoms with Crippen LogP contribution < -0.4 is 14.4 Å². The van der Waals surface area contributed by atoms with E-state index >= 15 is 0 Å². The molecule has 2 aromatic carbocycles. The Morgan fingerprint density at radius 1 is 1.06 bits per heavy atom. The summed E-state index contributed by atoms with van der Waals surface area (Å²) < 4.78 is 48.8. The van der Waals surface area contributed by atoms with Crippen molar-refractivity contribution in [2.24, 2.45) is 23.7 Å². The van der Waals surface area contributed by atoms with E-state index < -0.39 is 21.2 Å². The molecule has 0 aromatic heterocycles. The number of ether oxygens (including phenoxy) is 3. The first-order valence-corrected chi connectivity index (χ1v) is 19.8. The minimum atomic E-state index is -3.94. The second kappa shape index (κ2) is 13.8. The number of nitrogens with one attached hydrogen (secondary N) is 1. The smallest absolute Gasteiger partial charge is 0.264 e. The van der Waals surface area contributed by atoms with Gasteiger partial charge in [0, 0.05) is 35.0 Å². The van der Waals surface area contributed by atoms with Crippen LogP contribution in [0.2, 0.25) is 5.02 Å². The molecule has 7 rings (SSSR count). The van der Waals surface area contributed by atoms with Gasteiger partial charge in [-0.3, -0.25) is 4.79 Å². The average molecular weight is 712 g/mol. The van der Waals surface area contributed by atoms with Crippen molar-refractivity contribution in [2.45, 2.75) is 75.4 Å². The van der Waals surface area contributed by atoms with E-state index in [1.54, 1.807) is 13.0 Å². The van der Waals surface area contributed by atoms with Crippen LogP contribution in [0.15, 0.2) is 48.6 Å². The molecule has 1 saturated heterocycles. The van der Waals surface area contributed by atoms with Gasteiger partial charge in [-0.15, -0.1) is 0 Å². The van der Waals surface area contributed by atoms with Crippen LogP contribution in [-0.4, -0.2) is 83.8 Å². The molecule has 3 aliphatic heterocycles. The molecule has 1 saturated carbocycles. The van der Waals surface area contributed by atoms with Crippen molar-refractivity contribution in [1.82, 2.24) is 9.62 Å². The van der Waals surface area contributed by atoms with Crippen molar-refractivity contribution >= 4 is 33.2 Å². The number of rotatable bonds is 2. The summed E-state index contributed by atoms with van der Waals surface area (Å²) in [5, 5.41) is -0.0271. The summed E-state index contributed by atoms with van der Waals surface area (Å²) in [4.78, 5) is 18.1. The third-order valence-corrected chi connectivity index (χ3v) is 14.2. The number of anilines is 1. The fraction of sp³-hybridized carbons (Fsp3) is 0.605. The van der Waals surface area contributed by atoms with Gasteiger partial charge in [0.1, 0.15) is 5.75 Å². The number of carbonyl (C=O) groups is 1. The molecule has 2 aliphatic carbocycles. The Morgan fingerprint density at radius 3 is 2.59 bits per heavy atom. The monoisotopic (exact) mass is 711 g/mol. The van der Waals surface area contributed by atoms with Crippen molar-refractivity contribution in [1.29, 1.82) is 0 Å². The molecule has 6 atom stereocenters. The number of amides is 1. The molecule has 2 fully saturated rings. The summed E-state index contributed by atoms with van der Waals surface area (Å²) in [7, 11) is 0.157. The highest BCUT2D eigenvalue weighted by Gasteiger charge is 2.46. The molecule has 49 heavy (non-hydrogen) atoms. The predicted molar refractivity (Wildman–Crippen MR) is 192 cm³/mol. The van der Waals surface area contributed by atoms with Gasteiger partial charge in [-0.05, 0) is 119 Å². The first kappa shape index (κ1) is 34.8. The summed E-state index contributed by atoms with van der Waals surface area (Å²) in [5.41, 5.74) is 3.42. The van der Waals surface area contributed by atoms with Gasteiger partial charge in [0.25, 0.3) is 5.91 Å². The number of fused-ring (bicyclic) bond motifs is 4. The van der Waals surface area contributed by atoms with Gasteiger partial charge in [-0.25, -0.2) is 13.1 Å². The number of benzene rings is 2. The van der Waals surface area contributed by atoms with E-state index in [4.69, 9.17) is 25.8 Å². The highest BCUT2D eigenvalue weighted by molar-refractivity contribution is 7.90. The number of nitrogens with zero attached hydrogens (tertiary/aromatic N) is 2. The Labute approximate surface area is 296 Å². The van der Waals surface area contributed by atoms with Crippen LogP contribution in [0.4, 0.5) is 5.69 Å². The zero-order valence-electron chi connectivity index (χ0n) is 29.1. The normalized spacial score (nSPS) is 35.3.